The zero-order valence-corrected chi connectivity index (χ0v) is 12.2. The molecule has 1 unspecified atom stereocenters. The van der Waals surface area contributed by atoms with E-state index in [0.29, 0.717) is 19.4 Å². The first-order valence-electron chi connectivity index (χ1n) is 5.69. The summed E-state index contributed by atoms with van der Waals surface area (Å²) in [5, 5.41) is 5.64. The van der Waals surface area contributed by atoms with Crippen LogP contribution in [-0.4, -0.2) is 23.3 Å². The quantitative estimate of drug-likeness (QED) is 0.787. The van der Waals surface area contributed by atoms with E-state index in [0.717, 1.165) is 9.26 Å². The van der Waals surface area contributed by atoms with Gasteiger partial charge < -0.3 is 10.6 Å². The van der Waals surface area contributed by atoms with E-state index in [1.807, 2.05) is 6.92 Å². The van der Waals surface area contributed by atoms with E-state index in [9.17, 15) is 9.59 Å². The third kappa shape index (κ3) is 2.80. The lowest BCUT2D eigenvalue weighted by Gasteiger charge is -2.32. The number of nitrogens with zero attached hydrogens (tertiary/aromatic N) is 1. The van der Waals surface area contributed by atoms with Crippen molar-refractivity contribution in [1.82, 2.24) is 10.3 Å². The summed E-state index contributed by atoms with van der Waals surface area (Å²) in [5.74, 6) is -0.0506. The van der Waals surface area contributed by atoms with Crippen molar-refractivity contribution in [2.75, 3.05) is 11.9 Å². The van der Waals surface area contributed by atoms with E-state index < -0.39 is 5.41 Å². The molecule has 2 amide bonds. The summed E-state index contributed by atoms with van der Waals surface area (Å²) in [6, 6.07) is 1.77. The Kier molecular flexibility index (Phi) is 3.84. The molecule has 1 aliphatic rings. The van der Waals surface area contributed by atoms with Gasteiger partial charge >= 0.3 is 0 Å². The average molecular weight is 359 g/mol. The van der Waals surface area contributed by atoms with Crippen LogP contribution in [0.15, 0.2) is 18.5 Å². The van der Waals surface area contributed by atoms with Gasteiger partial charge in [0.15, 0.2) is 0 Å². The number of piperidine rings is 1. The van der Waals surface area contributed by atoms with Gasteiger partial charge in [-0.25, -0.2) is 0 Å². The second-order valence-electron chi connectivity index (χ2n) is 4.65. The molecule has 0 saturated carbocycles. The topological polar surface area (TPSA) is 71.1 Å². The van der Waals surface area contributed by atoms with Gasteiger partial charge in [0.25, 0.3) is 0 Å². The first-order valence-corrected chi connectivity index (χ1v) is 6.77. The molecule has 5 nitrogen and oxygen atoms in total. The maximum atomic E-state index is 12.3. The maximum Gasteiger partial charge on any atom is 0.232 e. The van der Waals surface area contributed by atoms with E-state index in [4.69, 9.17) is 0 Å². The van der Waals surface area contributed by atoms with Crippen LogP contribution in [0.1, 0.15) is 19.8 Å². The first kappa shape index (κ1) is 13.3. The molecule has 0 aliphatic carbocycles. The molecule has 0 bridgehead atoms. The fourth-order valence-corrected chi connectivity index (χ4v) is 2.28. The van der Waals surface area contributed by atoms with Gasteiger partial charge in [0.05, 0.1) is 14.7 Å². The number of nitrogens with one attached hydrogen (secondary N) is 2. The summed E-state index contributed by atoms with van der Waals surface area (Å²) >= 11 is 2.13. The molecule has 2 N–H and O–H groups in total. The highest BCUT2D eigenvalue weighted by atomic mass is 127. The number of anilines is 1. The van der Waals surface area contributed by atoms with Crippen molar-refractivity contribution in [3.63, 3.8) is 0 Å². The Balaban J connectivity index is 2.08. The lowest BCUT2D eigenvalue weighted by atomic mass is 9.81. The van der Waals surface area contributed by atoms with Gasteiger partial charge in [-0.05, 0) is 42.0 Å². The third-order valence-corrected chi connectivity index (χ3v) is 4.01. The second-order valence-corrected chi connectivity index (χ2v) is 5.81. The fourth-order valence-electron chi connectivity index (χ4n) is 1.80. The van der Waals surface area contributed by atoms with Crippen LogP contribution in [-0.2, 0) is 9.59 Å². The van der Waals surface area contributed by atoms with Crippen molar-refractivity contribution in [3.8, 4) is 0 Å². The molecule has 0 aromatic carbocycles. The van der Waals surface area contributed by atoms with Crippen LogP contribution in [0.5, 0.6) is 0 Å². The molecule has 18 heavy (non-hydrogen) atoms. The van der Waals surface area contributed by atoms with Gasteiger partial charge in [0.2, 0.25) is 11.8 Å². The number of hydrogen-bond donors (Lipinski definition) is 2. The van der Waals surface area contributed by atoms with Crippen molar-refractivity contribution in [1.29, 1.82) is 0 Å². The minimum Gasteiger partial charge on any atom is -0.355 e. The van der Waals surface area contributed by atoms with Crippen LogP contribution < -0.4 is 10.6 Å². The maximum absolute atomic E-state index is 12.3. The van der Waals surface area contributed by atoms with Crippen molar-refractivity contribution < 1.29 is 9.59 Å². The fraction of sp³-hybridized carbons (Fsp3) is 0.417. The van der Waals surface area contributed by atoms with E-state index in [1.165, 1.54) is 0 Å². The minimum absolute atomic E-state index is 0.0127. The number of carbonyl (C=O) groups excluding carboxylic acids is 2. The van der Waals surface area contributed by atoms with Gasteiger partial charge in [0.1, 0.15) is 0 Å². The van der Waals surface area contributed by atoms with E-state index in [-0.39, 0.29) is 11.8 Å². The van der Waals surface area contributed by atoms with Gasteiger partial charge in [-0.15, -0.1) is 0 Å². The Bertz CT molecular complexity index is 480. The van der Waals surface area contributed by atoms with E-state index in [2.05, 4.69) is 38.2 Å². The van der Waals surface area contributed by atoms with E-state index in [1.54, 1.807) is 18.5 Å². The molecule has 6 heteroatoms. The number of amides is 2. The van der Waals surface area contributed by atoms with Crippen molar-refractivity contribution >= 4 is 40.1 Å². The minimum atomic E-state index is -0.541. The number of aromatic nitrogens is 1. The van der Waals surface area contributed by atoms with Crippen molar-refractivity contribution in [3.05, 3.63) is 22.0 Å². The SMILES string of the molecule is CC1(C(=O)Nc2ccncc2I)CCC(=O)NC1. The summed E-state index contributed by atoms with van der Waals surface area (Å²) in [6.07, 6.45) is 4.31. The molecule has 1 aliphatic heterocycles. The normalized spacial score (nSPS) is 23.3. The molecular weight excluding hydrogens is 345 g/mol. The Morgan fingerprint density at radius 3 is 3.00 bits per heavy atom. The highest BCUT2D eigenvalue weighted by molar-refractivity contribution is 14.1. The first-order chi connectivity index (χ1) is 8.51. The summed E-state index contributed by atoms with van der Waals surface area (Å²) in [6.45, 7) is 2.26. The van der Waals surface area contributed by atoms with Crippen LogP contribution in [0.4, 0.5) is 5.69 Å². The monoisotopic (exact) mass is 359 g/mol. The molecule has 1 fully saturated rings. The largest absolute Gasteiger partial charge is 0.355 e. The van der Waals surface area contributed by atoms with Crippen LogP contribution in [0, 0.1) is 8.99 Å². The average Bonchev–Trinajstić information content (AvgIpc) is 2.36. The Morgan fingerprint density at radius 2 is 2.39 bits per heavy atom. The van der Waals surface area contributed by atoms with Gasteiger partial charge in [0, 0.05) is 25.4 Å². The molecule has 1 aromatic heterocycles. The number of rotatable bonds is 2. The molecule has 0 spiro atoms. The smallest absolute Gasteiger partial charge is 0.232 e. The zero-order chi connectivity index (χ0) is 13.2. The summed E-state index contributed by atoms with van der Waals surface area (Å²) in [4.78, 5) is 27.4. The standard InChI is InChI=1S/C12H14IN3O2/c1-12(4-2-10(17)15-7-12)11(18)16-9-3-5-14-6-8(9)13/h3,5-6H,2,4,7H2,1H3,(H,15,17)(H,14,16,18). The number of carbonyl (C=O) groups is 2. The molecule has 1 saturated heterocycles. The predicted octanol–water partition coefficient (Wildman–Crippen LogP) is 1.54. The molecule has 0 radical (unpaired) electrons. The summed E-state index contributed by atoms with van der Waals surface area (Å²) in [7, 11) is 0. The lowest BCUT2D eigenvalue weighted by molar-refractivity contribution is -0.130. The van der Waals surface area contributed by atoms with Gasteiger partial charge in [-0.1, -0.05) is 0 Å². The van der Waals surface area contributed by atoms with Crippen LogP contribution in [0.25, 0.3) is 0 Å². The Labute approximate surface area is 119 Å². The molecule has 2 heterocycles. The molecule has 1 aromatic rings. The Hall–Kier alpha value is -1.18. The number of pyridine rings is 1. The molecule has 96 valence electrons. The highest BCUT2D eigenvalue weighted by Gasteiger charge is 2.37. The van der Waals surface area contributed by atoms with Crippen molar-refractivity contribution in [2.24, 2.45) is 5.41 Å². The lowest BCUT2D eigenvalue weighted by Crippen LogP contribution is -2.48. The van der Waals surface area contributed by atoms with Crippen LogP contribution in [0.2, 0.25) is 0 Å². The number of hydrogen-bond acceptors (Lipinski definition) is 3. The molecule has 1 atom stereocenters. The van der Waals surface area contributed by atoms with Crippen LogP contribution in [0.3, 0.4) is 0 Å². The predicted molar refractivity (Wildman–Crippen MR) is 75.9 cm³/mol. The van der Waals surface area contributed by atoms with Gasteiger partial charge in [-0.3, -0.25) is 14.6 Å². The highest BCUT2D eigenvalue weighted by Crippen LogP contribution is 2.28. The van der Waals surface area contributed by atoms with Crippen molar-refractivity contribution in [2.45, 2.75) is 19.8 Å². The summed E-state index contributed by atoms with van der Waals surface area (Å²) < 4.78 is 0.895. The Morgan fingerprint density at radius 1 is 1.61 bits per heavy atom. The molecule has 2 rings (SSSR count). The summed E-state index contributed by atoms with van der Waals surface area (Å²) in [5.41, 5.74) is 0.217. The third-order valence-electron chi connectivity index (χ3n) is 3.15. The molecular formula is C12H14IN3O2. The van der Waals surface area contributed by atoms with Crippen LogP contribution >= 0.6 is 22.6 Å². The van der Waals surface area contributed by atoms with Gasteiger partial charge in [-0.2, -0.15) is 0 Å². The van der Waals surface area contributed by atoms with E-state index >= 15 is 0 Å². The number of halogens is 1. The zero-order valence-electron chi connectivity index (χ0n) is 10.00. The second kappa shape index (κ2) is 5.21.